The number of benzene rings is 1. The highest BCUT2D eigenvalue weighted by molar-refractivity contribution is 5.66. The molecule has 1 rings (SSSR count). The van der Waals surface area contributed by atoms with Crippen LogP contribution in [-0.4, -0.2) is 18.2 Å². The molecule has 0 radical (unpaired) electrons. The van der Waals surface area contributed by atoms with E-state index in [2.05, 4.69) is 18.2 Å². The molecule has 0 amide bonds. The van der Waals surface area contributed by atoms with Gasteiger partial charge in [-0.3, -0.25) is 4.79 Å². The molecule has 0 heterocycles. The molecule has 1 aromatic carbocycles. The second-order valence-corrected chi connectivity index (χ2v) is 4.11. The van der Waals surface area contributed by atoms with Gasteiger partial charge in [0.25, 0.3) is 0 Å². The Bertz CT molecular complexity index is 396. The molecule has 0 saturated carbocycles. The number of carboxylic acids is 1. The minimum Gasteiger partial charge on any atom is -0.496 e. The van der Waals surface area contributed by atoms with Crippen LogP contribution in [0.4, 0.5) is 0 Å². The van der Waals surface area contributed by atoms with Crippen LogP contribution < -0.4 is 4.74 Å². The fourth-order valence-electron chi connectivity index (χ4n) is 1.76. The summed E-state index contributed by atoms with van der Waals surface area (Å²) in [7, 11) is 1.68. The predicted octanol–water partition coefficient (Wildman–Crippen LogP) is 3.44. The van der Waals surface area contributed by atoms with Crippen LogP contribution in [0.5, 0.6) is 5.75 Å². The smallest absolute Gasteiger partial charge is 0.303 e. The number of aryl methyl sites for hydroxylation is 1. The number of hydrogen-bond donors (Lipinski definition) is 1. The van der Waals surface area contributed by atoms with Gasteiger partial charge in [0.1, 0.15) is 5.75 Å². The minimum atomic E-state index is -0.725. The zero-order valence-corrected chi connectivity index (χ0v) is 10.8. The van der Waals surface area contributed by atoms with Gasteiger partial charge in [0, 0.05) is 6.42 Å². The SMILES string of the molecule is COc1ccccc1CCC=CCCCC(=O)O. The summed E-state index contributed by atoms with van der Waals surface area (Å²) in [5, 5.41) is 8.48. The van der Waals surface area contributed by atoms with E-state index in [0.29, 0.717) is 6.42 Å². The van der Waals surface area contributed by atoms with E-state index < -0.39 is 5.97 Å². The number of carbonyl (C=O) groups is 1. The first kappa shape index (κ1) is 14.3. The number of allylic oxidation sites excluding steroid dienone is 2. The Morgan fingerprint density at radius 3 is 2.72 bits per heavy atom. The fourth-order valence-corrected chi connectivity index (χ4v) is 1.76. The van der Waals surface area contributed by atoms with Crippen molar-refractivity contribution in [3.63, 3.8) is 0 Å². The standard InChI is InChI=1S/C15H20O3/c1-18-14-11-8-7-10-13(14)9-5-3-2-4-6-12-15(16)17/h2-3,7-8,10-11H,4-6,9,12H2,1H3,(H,16,17). The Morgan fingerprint density at radius 2 is 2.00 bits per heavy atom. The molecule has 0 aromatic heterocycles. The molecule has 1 N–H and O–H groups in total. The van der Waals surface area contributed by atoms with Crippen LogP contribution in [0.1, 0.15) is 31.2 Å². The van der Waals surface area contributed by atoms with Crippen LogP contribution in [0.15, 0.2) is 36.4 Å². The van der Waals surface area contributed by atoms with Crippen molar-refractivity contribution in [1.29, 1.82) is 0 Å². The fraction of sp³-hybridized carbons (Fsp3) is 0.400. The minimum absolute atomic E-state index is 0.247. The Balaban J connectivity index is 2.24. The quantitative estimate of drug-likeness (QED) is 0.566. The van der Waals surface area contributed by atoms with Crippen LogP contribution in [-0.2, 0) is 11.2 Å². The Kier molecular flexibility index (Phi) is 6.62. The van der Waals surface area contributed by atoms with E-state index in [1.54, 1.807) is 7.11 Å². The Labute approximate surface area is 108 Å². The Hall–Kier alpha value is -1.77. The molecule has 0 spiro atoms. The molecule has 0 unspecified atom stereocenters. The molecule has 3 heteroatoms. The molecule has 0 aliphatic rings. The maximum Gasteiger partial charge on any atom is 0.303 e. The van der Waals surface area contributed by atoms with Crippen molar-refractivity contribution in [3.8, 4) is 5.75 Å². The normalized spacial score (nSPS) is 10.7. The molecule has 0 aliphatic heterocycles. The van der Waals surface area contributed by atoms with Crippen molar-refractivity contribution >= 4 is 5.97 Å². The summed E-state index contributed by atoms with van der Waals surface area (Å²) in [6, 6.07) is 8.00. The number of rotatable bonds is 8. The van der Waals surface area contributed by atoms with Gasteiger partial charge in [0.15, 0.2) is 0 Å². The van der Waals surface area contributed by atoms with Crippen molar-refractivity contribution in [2.45, 2.75) is 32.1 Å². The lowest BCUT2D eigenvalue weighted by molar-refractivity contribution is -0.137. The monoisotopic (exact) mass is 248 g/mol. The summed E-state index contributed by atoms with van der Waals surface area (Å²) < 4.78 is 5.28. The highest BCUT2D eigenvalue weighted by Gasteiger charge is 1.99. The second kappa shape index (κ2) is 8.34. The van der Waals surface area contributed by atoms with Gasteiger partial charge in [-0.05, 0) is 37.3 Å². The predicted molar refractivity (Wildman–Crippen MR) is 71.9 cm³/mol. The highest BCUT2D eigenvalue weighted by atomic mass is 16.5. The van der Waals surface area contributed by atoms with Crippen LogP contribution in [0.2, 0.25) is 0 Å². The zero-order chi connectivity index (χ0) is 13.2. The van der Waals surface area contributed by atoms with Gasteiger partial charge in [0.05, 0.1) is 7.11 Å². The van der Waals surface area contributed by atoms with E-state index in [0.717, 1.165) is 25.0 Å². The van der Waals surface area contributed by atoms with Crippen molar-refractivity contribution in [2.24, 2.45) is 0 Å². The third-order valence-electron chi connectivity index (χ3n) is 2.70. The number of unbranched alkanes of at least 4 members (excludes halogenated alkanes) is 1. The van der Waals surface area contributed by atoms with Crippen LogP contribution >= 0.6 is 0 Å². The first-order valence-corrected chi connectivity index (χ1v) is 6.22. The average molecular weight is 248 g/mol. The maximum atomic E-state index is 10.3. The van der Waals surface area contributed by atoms with Gasteiger partial charge in [-0.1, -0.05) is 30.4 Å². The van der Waals surface area contributed by atoms with E-state index in [1.807, 2.05) is 18.2 Å². The first-order valence-electron chi connectivity index (χ1n) is 6.22. The summed E-state index contributed by atoms with van der Waals surface area (Å²) in [6.45, 7) is 0. The number of methoxy groups -OCH3 is 1. The summed E-state index contributed by atoms with van der Waals surface area (Å²) in [5.41, 5.74) is 1.20. The molecule has 0 saturated heterocycles. The number of para-hydroxylation sites is 1. The topological polar surface area (TPSA) is 46.5 Å². The lowest BCUT2D eigenvalue weighted by Crippen LogP contribution is -1.92. The van der Waals surface area contributed by atoms with Crippen molar-refractivity contribution in [1.82, 2.24) is 0 Å². The molecule has 18 heavy (non-hydrogen) atoms. The Morgan fingerprint density at radius 1 is 1.28 bits per heavy atom. The molecular weight excluding hydrogens is 228 g/mol. The lowest BCUT2D eigenvalue weighted by atomic mass is 10.1. The largest absolute Gasteiger partial charge is 0.496 e. The molecule has 1 aromatic rings. The van der Waals surface area contributed by atoms with Gasteiger partial charge in [-0.15, -0.1) is 0 Å². The molecule has 0 fully saturated rings. The first-order chi connectivity index (χ1) is 8.74. The van der Waals surface area contributed by atoms with E-state index in [1.165, 1.54) is 5.56 Å². The number of ether oxygens (including phenoxy) is 1. The zero-order valence-electron chi connectivity index (χ0n) is 10.8. The van der Waals surface area contributed by atoms with Crippen molar-refractivity contribution < 1.29 is 14.6 Å². The second-order valence-electron chi connectivity index (χ2n) is 4.11. The average Bonchev–Trinajstić information content (AvgIpc) is 2.37. The van der Waals surface area contributed by atoms with Gasteiger partial charge < -0.3 is 9.84 Å². The molecule has 98 valence electrons. The molecule has 0 aliphatic carbocycles. The number of carboxylic acid groups (broad SMARTS) is 1. The van der Waals surface area contributed by atoms with Crippen molar-refractivity contribution in [2.75, 3.05) is 7.11 Å². The van der Waals surface area contributed by atoms with Gasteiger partial charge in [-0.25, -0.2) is 0 Å². The van der Waals surface area contributed by atoms with E-state index in [-0.39, 0.29) is 6.42 Å². The summed E-state index contributed by atoms with van der Waals surface area (Å²) >= 11 is 0. The maximum absolute atomic E-state index is 10.3. The third-order valence-corrected chi connectivity index (χ3v) is 2.70. The molecule has 0 bridgehead atoms. The lowest BCUT2D eigenvalue weighted by Gasteiger charge is -2.06. The third kappa shape index (κ3) is 5.53. The van der Waals surface area contributed by atoms with E-state index in [4.69, 9.17) is 9.84 Å². The summed E-state index contributed by atoms with van der Waals surface area (Å²) in [5.74, 6) is 0.203. The van der Waals surface area contributed by atoms with Gasteiger partial charge in [0.2, 0.25) is 0 Å². The molecule has 3 nitrogen and oxygen atoms in total. The van der Waals surface area contributed by atoms with Crippen LogP contribution in [0, 0.1) is 0 Å². The van der Waals surface area contributed by atoms with Crippen LogP contribution in [0.25, 0.3) is 0 Å². The molecular formula is C15H20O3. The van der Waals surface area contributed by atoms with E-state index in [9.17, 15) is 4.79 Å². The van der Waals surface area contributed by atoms with Crippen molar-refractivity contribution in [3.05, 3.63) is 42.0 Å². The van der Waals surface area contributed by atoms with Crippen LogP contribution in [0.3, 0.4) is 0 Å². The molecule has 0 atom stereocenters. The van der Waals surface area contributed by atoms with Gasteiger partial charge in [-0.2, -0.15) is 0 Å². The van der Waals surface area contributed by atoms with Gasteiger partial charge >= 0.3 is 5.97 Å². The van der Waals surface area contributed by atoms with E-state index >= 15 is 0 Å². The highest BCUT2D eigenvalue weighted by Crippen LogP contribution is 2.18. The summed E-state index contributed by atoms with van der Waals surface area (Å²) in [4.78, 5) is 10.3. The summed E-state index contributed by atoms with van der Waals surface area (Å²) in [6.07, 6.45) is 7.84. The number of hydrogen-bond acceptors (Lipinski definition) is 2. The number of aliphatic carboxylic acids is 1.